The quantitative estimate of drug-likeness (QED) is 0.578. The number of benzene rings is 1. The number of carbonyl (C=O) groups is 2. The zero-order valence-corrected chi connectivity index (χ0v) is 14.1. The zero-order valence-electron chi connectivity index (χ0n) is 12.5. The van der Waals surface area contributed by atoms with E-state index < -0.39 is 11.7 Å². The van der Waals surface area contributed by atoms with E-state index in [0.717, 1.165) is 25.6 Å². The fourth-order valence-corrected chi connectivity index (χ4v) is 2.16. The van der Waals surface area contributed by atoms with E-state index in [4.69, 9.17) is 0 Å². The van der Waals surface area contributed by atoms with Crippen molar-refractivity contribution >= 4 is 27.7 Å². The minimum atomic E-state index is -0.481. The van der Waals surface area contributed by atoms with Crippen molar-refractivity contribution in [3.05, 3.63) is 34.1 Å². The van der Waals surface area contributed by atoms with Gasteiger partial charge in [-0.1, -0.05) is 6.92 Å². The molecule has 0 aromatic heterocycles. The van der Waals surface area contributed by atoms with Gasteiger partial charge < -0.3 is 16.0 Å². The van der Waals surface area contributed by atoms with Gasteiger partial charge in [-0.3, -0.25) is 9.59 Å². The summed E-state index contributed by atoms with van der Waals surface area (Å²) in [6, 6.07) is 3.89. The molecule has 122 valence electrons. The summed E-state index contributed by atoms with van der Waals surface area (Å²) in [6.45, 7) is 4.49. The highest BCUT2D eigenvalue weighted by Crippen LogP contribution is 2.17. The molecular weight excluding hydrogens is 353 g/mol. The Kier molecular flexibility index (Phi) is 8.69. The molecule has 0 radical (unpaired) electrons. The van der Waals surface area contributed by atoms with Crippen LogP contribution >= 0.6 is 15.9 Å². The number of halogens is 2. The van der Waals surface area contributed by atoms with E-state index in [1.54, 1.807) is 0 Å². The van der Waals surface area contributed by atoms with Gasteiger partial charge >= 0.3 is 0 Å². The van der Waals surface area contributed by atoms with Crippen LogP contribution in [0.25, 0.3) is 0 Å². The normalized spacial score (nSPS) is 10.3. The standard InChI is InChI=1S/C15H21BrFN3O2/c1-2-6-18-8-9-19-14(21)5-7-20-15(22)12-10-11(17)3-4-13(12)16/h3-4,10,18H,2,5-9H2,1H3,(H,19,21)(H,20,22). The molecule has 5 nitrogen and oxygen atoms in total. The molecule has 0 heterocycles. The molecule has 0 unspecified atom stereocenters. The SMILES string of the molecule is CCCNCCNC(=O)CCNC(=O)c1cc(F)ccc1Br. The number of amides is 2. The molecule has 0 saturated carbocycles. The van der Waals surface area contributed by atoms with Gasteiger partial charge in [0.15, 0.2) is 0 Å². The molecule has 0 fully saturated rings. The van der Waals surface area contributed by atoms with Crippen molar-refractivity contribution in [2.75, 3.05) is 26.2 Å². The highest BCUT2D eigenvalue weighted by Gasteiger charge is 2.11. The predicted molar refractivity (Wildman–Crippen MR) is 87.2 cm³/mol. The summed E-state index contributed by atoms with van der Waals surface area (Å²) in [7, 11) is 0. The lowest BCUT2D eigenvalue weighted by atomic mass is 10.2. The number of carbonyl (C=O) groups excluding carboxylic acids is 2. The number of nitrogens with one attached hydrogen (secondary N) is 3. The first-order chi connectivity index (χ1) is 10.5. The minimum Gasteiger partial charge on any atom is -0.355 e. The van der Waals surface area contributed by atoms with E-state index in [1.807, 2.05) is 0 Å². The van der Waals surface area contributed by atoms with Crippen LogP contribution in [0.1, 0.15) is 30.1 Å². The van der Waals surface area contributed by atoms with Crippen LogP contribution in [0.15, 0.2) is 22.7 Å². The molecule has 0 aliphatic carbocycles. The molecule has 0 aliphatic heterocycles. The Labute approximate surface area is 138 Å². The second-order valence-corrected chi connectivity index (χ2v) is 5.58. The van der Waals surface area contributed by atoms with Crippen LogP contribution in [-0.2, 0) is 4.79 Å². The highest BCUT2D eigenvalue weighted by molar-refractivity contribution is 9.10. The predicted octanol–water partition coefficient (Wildman–Crippen LogP) is 1.82. The lowest BCUT2D eigenvalue weighted by Gasteiger charge is -2.08. The molecule has 0 bridgehead atoms. The number of rotatable bonds is 9. The molecule has 0 aliphatic rings. The summed E-state index contributed by atoms with van der Waals surface area (Å²) in [4.78, 5) is 23.4. The molecule has 1 aromatic rings. The van der Waals surface area contributed by atoms with E-state index >= 15 is 0 Å². The second-order valence-electron chi connectivity index (χ2n) is 4.73. The maximum atomic E-state index is 13.1. The smallest absolute Gasteiger partial charge is 0.252 e. The molecule has 0 spiro atoms. The van der Waals surface area contributed by atoms with E-state index in [9.17, 15) is 14.0 Å². The first-order valence-corrected chi connectivity index (χ1v) is 8.04. The Bertz CT molecular complexity index is 512. The topological polar surface area (TPSA) is 70.2 Å². The van der Waals surface area contributed by atoms with Gasteiger partial charge in [0.1, 0.15) is 5.82 Å². The van der Waals surface area contributed by atoms with E-state index in [0.29, 0.717) is 11.0 Å². The summed E-state index contributed by atoms with van der Waals surface area (Å²) in [5.41, 5.74) is 0.212. The molecular formula is C15H21BrFN3O2. The van der Waals surface area contributed by atoms with Crippen molar-refractivity contribution in [1.82, 2.24) is 16.0 Å². The van der Waals surface area contributed by atoms with Gasteiger partial charge in [0.2, 0.25) is 5.91 Å². The maximum absolute atomic E-state index is 13.1. The third-order valence-electron chi connectivity index (χ3n) is 2.86. The largest absolute Gasteiger partial charge is 0.355 e. The average Bonchev–Trinajstić information content (AvgIpc) is 2.49. The minimum absolute atomic E-state index is 0.128. The summed E-state index contributed by atoms with van der Waals surface area (Å²) >= 11 is 3.19. The molecule has 3 N–H and O–H groups in total. The van der Waals surface area contributed by atoms with Crippen molar-refractivity contribution in [3.63, 3.8) is 0 Å². The van der Waals surface area contributed by atoms with Gasteiger partial charge in [-0.05, 0) is 47.1 Å². The van der Waals surface area contributed by atoms with E-state index in [2.05, 4.69) is 38.8 Å². The average molecular weight is 374 g/mol. The van der Waals surface area contributed by atoms with Crippen LogP contribution in [0.2, 0.25) is 0 Å². The van der Waals surface area contributed by atoms with Gasteiger partial charge in [0.05, 0.1) is 5.56 Å². The monoisotopic (exact) mass is 373 g/mol. The van der Waals surface area contributed by atoms with Crippen LogP contribution in [0, 0.1) is 5.82 Å². The van der Waals surface area contributed by atoms with Crippen molar-refractivity contribution in [2.24, 2.45) is 0 Å². The summed E-state index contributed by atoms with van der Waals surface area (Å²) in [6.07, 6.45) is 1.24. The molecule has 1 rings (SSSR count). The summed E-state index contributed by atoms with van der Waals surface area (Å²) in [5.74, 6) is -1.02. The molecule has 22 heavy (non-hydrogen) atoms. The third kappa shape index (κ3) is 7.00. The van der Waals surface area contributed by atoms with E-state index in [-0.39, 0.29) is 24.4 Å². The van der Waals surface area contributed by atoms with Gasteiger partial charge in [0, 0.05) is 30.5 Å². The Morgan fingerprint density at radius 1 is 1.14 bits per heavy atom. The molecule has 0 saturated heterocycles. The Hall–Kier alpha value is -1.47. The van der Waals surface area contributed by atoms with Crippen molar-refractivity contribution < 1.29 is 14.0 Å². The zero-order chi connectivity index (χ0) is 16.4. The van der Waals surface area contributed by atoms with Crippen molar-refractivity contribution in [3.8, 4) is 0 Å². The fraction of sp³-hybridized carbons (Fsp3) is 0.467. The van der Waals surface area contributed by atoms with Crippen LogP contribution in [0.3, 0.4) is 0 Å². The maximum Gasteiger partial charge on any atom is 0.252 e. The lowest BCUT2D eigenvalue weighted by Crippen LogP contribution is -2.34. The van der Waals surface area contributed by atoms with Crippen LogP contribution < -0.4 is 16.0 Å². The molecule has 0 atom stereocenters. The fourth-order valence-electron chi connectivity index (χ4n) is 1.74. The van der Waals surface area contributed by atoms with Crippen LogP contribution in [0.5, 0.6) is 0 Å². The Morgan fingerprint density at radius 3 is 2.64 bits per heavy atom. The van der Waals surface area contributed by atoms with Gasteiger partial charge in [0.25, 0.3) is 5.91 Å². The van der Waals surface area contributed by atoms with Gasteiger partial charge in [-0.25, -0.2) is 4.39 Å². The summed E-state index contributed by atoms with van der Waals surface area (Å²) < 4.78 is 13.6. The first kappa shape index (κ1) is 18.6. The van der Waals surface area contributed by atoms with Crippen molar-refractivity contribution in [1.29, 1.82) is 0 Å². The van der Waals surface area contributed by atoms with Crippen LogP contribution in [-0.4, -0.2) is 38.0 Å². The number of hydrogen-bond acceptors (Lipinski definition) is 3. The number of hydrogen-bond donors (Lipinski definition) is 3. The lowest BCUT2D eigenvalue weighted by molar-refractivity contribution is -0.120. The Morgan fingerprint density at radius 2 is 1.91 bits per heavy atom. The first-order valence-electron chi connectivity index (χ1n) is 7.25. The van der Waals surface area contributed by atoms with E-state index in [1.165, 1.54) is 12.1 Å². The third-order valence-corrected chi connectivity index (χ3v) is 3.55. The van der Waals surface area contributed by atoms with Gasteiger partial charge in [-0.15, -0.1) is 0 Å². The van der Waals surface area contributed by atoms with Crippen molar-refractivity contribution in [2.45, 2.75) is 19.8 Å². The van der Waals surface area contributed by atoms with Gasteiger partial charge in [-0.2, -0.15) is 0 Å². The second kappa shape index (κ2) is 10.3. The molecule has 1 aromatic carbocycles. The Balaban J connectivity index is 2.24. The molecule has 7 heteroatoms. The van der Waals surface area contributed by atoms with Crippen LogP contribution in [0.4, 0.5) is 4.39 Å². The summed E-state index contributed by atoms with van der Waals surface area (Å²) in [5, 5.41) is 8.52. The molecule has 2 amide bonds. The highest BCUT2D eigenvalue weighted by atomic mass is 79.9.